The molecule has 0 bridgehead atoms. The number of amides is 1. The molecular formula is C21H30N4O4. The van der Waals surface area contributed by atoms with Gasteiger partial charge in [0.15, 0.2) is 0 Å². The van der Waals surface area contributed by atoms with Crippen LogP contribution < -0.4 is 5.32 Å². The minimum absolute atomic E-state index is 0.185. The highest BCUT2D eigenvalue weighted by atomic mass is 16.6. The fourth-order valence-electron chi connectivity index (χ4n) is 3.27. The van der Waals surface area contributed by atoms with Crippen LogP contribution in [-0.4, -0.2) is 46.6 Å². The number of nitrogens with zero attached hydrogens (tertiary/aromatic N) is 2. The Bertz CT molecular complexity index is 843. The number of methoxy groups -OCH3 is 1. The van der Waals surface area contributed by atoms with E-state index in [0.717, 1.165) is 22.6 Å². The van der Waals surface area contributed by atoms with Crippen LogP contribution in [0.25, 0.3) is 0 Å². The van der Waals surface area contributed by atoms with Gasteiger partial charge in [0.25, 0.3) is 0 Å². The maximum absolute atomic E-state index is 11.9. The molecule has 2 aromatic rings. The lowest BCUT2D eigenvalue weighted by molar-refractivity contribution is 0.0661. The second kappa shape index (κ2) is 8.92. The lowest BCUT2D eigenvalue weighted by Gasteiger charge is -2.21. The highest BCUT2D eigenvalue weighted by Gasteiger charge is 2.31. The van der Waals surface area contributed by atoms with Crippen LogP contribution in [-0.2, 0) is 27.2 Å². The fourth-order valence-corrected chi connectivity index (χ4v) is 3.27. The zero-order chi connectivity index (χ0) is 21.0. The molecule has 1 amide bonds. The number of aryl methyl sites for hydroxylation is 1. The van der Waals surface area contributed by atoms with Crippen LogP contribution >= 0.6 is 0 Å². The summed E-state index contributed by atoms with van der Waals surface area (Å²) in [6.45, 7) is 8.68. The van der Waals surface area contributed by atoms with Crippen LogP contribution in [0.15, 0.2) is 18.3 Å². The Hall–Kier alpha value is -2.45. The molecular weight excluding hydrogens is 372 g/mol. The number of pyridine rings is 1. The van der Waals surface area contributed by atoms with Gasteiger partial charge in [-0.2, -0.15) is 5.10 Å². The molecule has 3 heterocycles. The van der Waals surface area contributed by atoms with Crippen LogP contribution in [0.4, 0.5) is 4.79 Å². The van der Waals surface area contributed by atoms with Gasteiger partial charge in [0.05, 0.1) is 24.6 Å². The maximum Gasteiger partial charge on any atom is 0.407 e. The van der Waals surface area contributed by atoms with E-state index < -0.39 is 6.09 Å². The van der Waals surface area contributed by atoms with E-state index in [-0.39, 0.29) is 17.7 Å². The normalized spacial score (nSPS) is 19.3. The van der Waals surface area contributed by atoms with Gasteiger partial charge in [-0.25, -0.2) is 4.79 Å². The van der Waals surface area contributed by atoms with Crippen molar-refractivity contribution in [2.75, 3.05) is 13.7 Å². The van der Waals surface area contributed by atoms with Crippen LogP contribution in [0.5, 0.6) is 0 Å². The first-order valence-corrected chi connectivity index (χ1v) is 9.81. The van der Waals surface area contributed by atoms with Crippen molar-refractivity contribution in [2.24, 2.45) is 0 Å². The molecule has 29 heavy (non-hydrogen) atoms. The van der Waals surface area contributed by atoms with Crippen LogP contribution in [0.2, 0.25) is 0 Å². The third kappa shape index (κ3) is 6.01. The summed E-state index contributed by atoms with van der Waals surface area (Å²) in [5.41, 5.74) is 4.69. The van der Waals surface area contributed by atoms with E-state index >= 15 is 0 Å². The SMILES string of the molecule is COCc1cc(C)c(Cc2cc([C@@H]3C[C@H](OC(=O)NC(C)(C)C)CO3)n[nH]2)cn1. The Balaban J connectivity index is 1.56. The van der Waals surface area contributed by atoms with E-state index in [9.17, 15) is 4.79 Å². The summed E-state index contributed by atoms with van der Waals surface area (Å²) in [4.78, 5) is 16.4. The van der Waals surface area contributed by atoms with E-state index in [4.69, 9.17) is 14.2 Å². The summed E-state index contributed by atoms with van der Waals surface area (Å²) in [5, 5.41) is 10.3. The molecule has 8 nitrogen and oxygen atoms in total. The number of H-pyrrole nitrogens is 1. The molecule has 0 spiro atoms. The van der Waals surface area contributed by atoms with E-state index in [1.54, 1.807) is 7.11 Å². The molecule has 0 saturated carbocycles. The number of aromatic amines is 1. The molecule has 0 aliphatic carbocycles. The molecule has 2 N–H and O–H groups in total. The van der Waals surface area contributed by atoms with Gasteiger partial charge in [-0.05, 0) is 51.0 Å². The quantitative estimate of drug-likeness (QED) is 0.770. The number of rotatable bonds is 6. The van der Waals surface area contributed by atoms with Gasteiger partial charge in [0.1, 0.15) is 12.2 Å². The topological polar surface area (TPSA) is 98.4 Å². The first-order chi connectivity index (χ1) is 13.7. The van der Waals surface area contributed by atoms with Crippen LogP contribution in [0.3, 0.4) is 0 Å². The van der Waals surface area contributed by atoms with Crippen molar-refractivity contribution in [1.82, 2.24) is 20.5 Å². The largest absolute Gasteiger partial charge is 0.444 e. The second-order valence-corrected chi connectivity index (χ2v) is 8.49. The molecule has 0 aromatic carbocycles. The number of hydrogen-bond donors (Lipinski definition) is 2. The van der Waals surface area contributed by atoms with Crippen molar-refractivity contribution >= 4 is 6.09 Å². The number of carbonyl (C=O) groups excluding carboxylic acids is 1. The van der Waals surface area contributed by atoms with Crippen LogP contribution in [0.1, 0.15) is 61.5 Å². The number of hydrogen-bond acceptors (Lipinski definition) is 6. The summed E-state index contributed by atoms with van der Waals surface area (Å²) in [5.74, 6) is 0. The average molecular weight is 402 g/mol. The summed E-state index contributed by atoms with van der Waals surface area (Å²) in [6, 6.07) is 4.05. The summed E-state index contributed by atoms with van der Waals surface area (Å²) in [7, 11) is 1.66. The van der Waals surface area contributed by atoms with Gasteiger partial charge in [-0.1, -0.05) is 0 Å². The van der Waals surface area contributed by atoms with Crippen molar-refractivity contribution in [2.45, 2.75) is 64.9 Å². The summed E-state index contributed by atoms with van der Waals surface area (Å²) in [6.07, 6.45) is 2.30. The molecule has 2 atom stereocenters. The van der Waals surface area contributed by atoms with Gasteiger partial charge in [0.2, 0.25) is 0 Å². The van der Waals surface area contributed by atoms with Crippen molar-refractivity contribution in [3.05, 3.63) is 46.5 Å². The zero-order valence-corrected chi connectivity index (χ0v) is 17.7. The second-order valence-electron chi connectivity index (χ2n) is 8.49. The zero-order valence-electron chi connectivity index (χ0n) is 17.7. The van der Waals surface area contributed by atoms with E-state index in [2.05, 4.69) is 27.4 Å². The Morgan fingerprint density at radius 3 is 2.86 bits per heavy atom. The third-order valence-electron chi connectivity index (χ3n) is 4.64. The Morgan fingerprint density at radius 2 is 2.17 bits per heavy atom. The average Bonchev–Trinajstić information content (AvgIpc) is 3.25. The fraction of sp³-hybridized carbons (Fsp3) is 0.571. The predicted molar refractivity (Wildman–Crippen MR) is 108 cm³/mol. The molecule has 2 aromatic heterocycles. The molecule has 1 fully saturated rings. The van der Waals surface area contributed by atoms with Crippen molar-refractivity contribution in [3.8, 4) is 0 Å². The minimum atomic E-state index is -0.422. The van der Waals surface area contributed by atoms with Gasteiger partial charge in [-0.3, -0.25) is 10.1 Å². The Kier molecular flexibility index (Phi) is 6.54. The monoisotopic (exact) mass is 402 g/mol. The molecule has 1 aliphatic heterocycles. The standard InChI is InChI=1S/C21H30N4O4/c1-13-6-16(11-27-5)22-10-14(13)7-15-8-18(25-24-15)19-9-17(12-28-19)29-20(26)23-21(2,3)4/h6,8,10,17,19H,7,9,11-12H2,1-5H3,(H,23,26)(H,24,25)/t17-,19-/m0/s1. The molecule has 0 unspecified atom stereocenters. The Labute approximate surface area is 171 Å². The molecule has 1 aliphatic rings. The number of carbonyl (C=O) groups is 1. The van der Waals surface area contributed by atoms with Crippen molar-refractivity contribution in [3.63, 3.8) is 0 Å². The first-order valence-electron chi connectivity index (χ1n) is 9.81. The molecule has 1 saturated heterocycles. The first kappa shape index (κ1) is 21.3. The number of ether oxygens (including phenoxy) is 3. The number of aromatic nitrogens is 3. The van der Waals surface area contributed by atoms with Crippen molar-refractivity contribution in [1.29, 1.82) is 0 Å². The summed E-state index contributed by atoms with van der Waals surface area (Å²) < 4.78 is 16.4. The predicted octanol–water partition coefficient (Wildman–Crippen LogP) is 3.21. The van der Waals surface area contributed by atoms with Gasteiger partial charge in [-0.15, -0.1) is 0 Å². The minimum Gasteiger partial charge on any atom is -0.444 e. The third-order valence-corrected chi connectivity index (χ3v) is 4.64. The highest BCUT2D eigenvalue weighted by Crippen LogP contribution is 2.30. The Morgan fingerprint density at radius 1 is 1.38 bits per heavy atom. The number of nitrogens with one attached hydrogen (secondary N) is 2. The van der Waals surface area contributed by atoms with Crippen LogP contribution in [0, 0.1) is 6.92 Å². The van der Waals surface area contributed by atoms with Gasteiger partial charge < -0.3 is 19.5 Å². The smallest absolute Gasteiger partial charge is 0.407 e. The molecule has 158 valence electrons. The number of alkyl carbamates (subject to hydrolysis) is 1. The van der Waals surface area contributed by atoms with Gasteiger partial charge in [0, 0.05) is 37.4 Å². The maximum atomic E-state index is 11.9. The lowest BCUT2D eigenvalue weighted by Crippen LogP contribution is -2.42. The highest BCUT2D eigenvalue weighted by molar-refractivity contribution is 5.68. The molecule has 3 rings (SSSR count). The molecule has 0 radical (unpaired) electrons. The van der Waals surface area contributed by atoms with E-state index in [1.165, 1.54) is 5.56 Å². The van der Waals surface area contributed by atoms with E-state index in [1.807, 2.05) is 39.1 Å². The molecule has 8 heteroatoms. The van der Waals surface area contributed by atoms with Crippen molar-refractivity contribution < 1.29 is 19.0 Å². The van der Waals surface area contributed by atoms with E-state index in [0.29, 0.717) is 26.1 Å². The lowest BCUT2D eigenvalue weighted by atomic mass is 10.0. The summed E-state index contributed by atoms with van der Waals surface area (Å²) >= 11 is 0. The van der Waals surface area contributed by atoms with Gasteiger partial charge >= 0.3 is 6.09 Å².